The quantitative estimate of drug-likeness (QED) is 0.815. The van der Waals surface area contributed by atoms with E-state index >= 15 is 0 Å². The minimum absolute atomic E-state index is 0.200. The highest BCUT2D eigenvalue weighted by atomic mass is 16.5. The van der Waals surface area contributed by atoms with E-state index in [9.17, 15) is 4.79 Å². The van der Waals surface area contributed by atoms with Gasteiger partial charge in [-0.05, 0) is 5.41 Å². The smallest absolute Gasteiger partial charge is 0.241 e. The lowest BCUT2D eigenvalue weighted by Crippen LogP contribution is -2.45. The lowest BCUT2D eigenvalue weighted by Gasteiger charge is -2.25. The van der Waals surface area contributed by atoms with Gasteiger partial charge in [0.25, 0.3) is 0 Å². The average molecular weight is 254 g/mol. The van der Waals surface area contributed by atoms with Gasteiger partial charge >= 0.3 is 0 Å². The summed E-state index contributed by atoms with van der Waals surface area (Å²) in [6.07, 6.45) is 3.36. The minimum atomic E-state index is -0.556. The summed E-state index contributed by atoms with van der Waals surface area (Å²) in [7, 11) is 1.63. The molecule has 18 heavy (non-hydrogen) atoms. The summed E-state index contributed by atoms with van der Waals surface area (Å²) >= 11 is 0. The zero-order chi connectivity index (χ0) is 13.8. The van der Waals surface area contributed by atoms with Gasteiger partial charge in [-0.3, -0.25) is 9.48 Å². The first kappa shape index (κ1) is 14.7. The highest BCUT2D eigenvalue weighted by molar-refractivity contribution is 5.94. The predicted molar refractivity (Wildman–Crippen MR) is 70.2 cm³/mol. The molecule has 0 aliphatic carbocycles. The topological polar surface area (TPSA) is 82.2 Å². The SMILES string of the molecule is COCCn1cc(NC(=O)C(N)C(C)(C)C)cn1. The van der Waals surface area contributed by atoms with Gasteiger partial charge in [0.1, 0.15) is 0 Å². The fraction of sp³-hybridized carbons (Fsp3) is 0.667. The Bertz CT molecular complexity index is 395. The van der Waals surface area contributed by atoms with Crippen molar-refractivity contribution in [2.45, 2.75) is 33.4 Å². The third-order valence-corrected chi connectivity index (χ3v) is 2.64. The van der Waals surface area contributed by atoms with Crippen molar-refractivity contribution < 1.29 is 9.53 Å². The van der Waals surface area contributed by atoms with Crippen LogP contribution in [0.1, 0.15) is 20.8 Å². The molecule has 0 aliphatic heterocycles. The van der Waals surface area contributed by atoms with Crippen LogP contribution in [0, 0.1) is 5.41 Å². The highest BCUT2D eigenvalue weighted by Gasteiger charge is 2.27. The van der Waals surface area contributed by atoms with Crippen LogP contribution in [0.3, 0.4) is 0 Å². The van der Waals surface area contributed by atoms with E-state index in [1.54, 1.807) is 24.2 Å². The van der Waals surface area contributed by atoms with Crippen LogP contribution in [-0.4, -0.2) is 35.4 Å². The lowest BCUT2D eigenvalue weighted by molar-refractivity contribution is -0.119. The van der Waals surface area contributed by atoms with Crippen molar-refractivity contribution in [2.75, 3.05) is 19.0 Å². The Labute approximate surface area is 107 Å². The van der Waals surface area contributed by atoms with Gasteiger partial charge in [0, 0.05) is 13.3 Å². The molecule has 0 bridgehead atoms. The molecule has 0 saturated heterocycles. The summed E-state index contributed by atoms with van der Waals surface area (Å²) < 4.78 is 6.66. The van der Waals surface area contributed by atoms with E-state index in [1.807, 2.05) is 20.8 Å². The summed E-state index contributed by atoms with van der Waals surface area (Å²) in [5.74, 6) is -0.200. The van der Waals surface area contributed by atoms with E-state index in [-0.39, 0.29) is 11.3 Å². The third kappa shape index (κ3) is 4.12. The molecule has 1 heterocycles. The van der Waals surface area contributed by atoms with Crippen LogP contribution in [0.15, 0.2) is 12.4 Å². The molecule has 0 fully saturated rings. The number of nitrogens with zero attached hydrogens (tertiary/aromatic N) is 2. The van der Waals surface area contributed by atoms with Gasteiger partial charge in [-0.1, -0.05) is 20.8 Å². The van der Waals surface area contributed by atoms with E-state index < -0.39 is 6.04 Å². The number of methoxy groups -OCH3 is 1. The van der Waals surface area contributed by atoms with Crippen molar-refractivity contribution in [2.24, 2.45) is 11.1 Å². The monoisotopic (exact) mass is 254 g/mol. The molecule has 0 saturated carbocycles. The Morgan fingerprint density at radius 3 is 2.83 bits per heavy atom. The van der Waals surface area contributed by atoms with Crippen LogP contribution < -0.4 is 11.1 Å². The molecule has 3 N–H and O–H groups in total. The van der Waals surface area contributed by atoms with Crippen molar-refractivity contribution >= 4 is 11.6 Å². The average Bonchev–Trinajstić information content (AvgIpc) is 2.71. The van der Waals surface area contributed by atoms with Gasteiger partial charge in [0.15, 0.2) is 0 Å². The lowest BCUT2D eigenvalue weighted by atomic mass is 9.87. The number of carbonyl (C=O) groups excluding carboxylic acids is 1. The maximum Gasteiger partial charge on any atom is 0.241 e. The van der Waals surface area contributed by atoms with Crippen molar-refractivity contribution in [1.82, 2.24) is 9.78 Å². The van der Waals surface area contributed by atoms with Crippen LogP contribution in [0.2, 0.25) is 0 Å². The number of hydrogen-bond donors (Lipinski definition) is 2. The second-order valence-corrected chi connectivity index (χ2v) is 5.32. The van der Waals surface area contributed by atoms with Crippen molar-refractivity contribution in [3.8, 4) is 0 Å². The standard InChI is InChI=1S/C12H22N4O2/c1-12(2,3)10(13)11(17)15-9-7-14-16(8-9)5-6-18-4/h7-8,10H,5-6,13H2,1-4H3,(H,15,17). The number of anilines is 1. The maximum absolute atomic E-state index is 11.9. The number of ether oxygens (including phenoxy) is 1. The first-order valence-electron chi connectivity index (χ1n) is 5.92. The van der Waals surface area contributed by atoms with Gasteiger partial charge in [-0.2, -0.15) is 5.10 Å². The van der Waals surface area contributed by atoms with Crippen LogP contribution in [-0.2, 0) is 16.1 Å². The van der Waals surface area contributed by atoms with E-state index in [0.29, 0.717) is 18.8 Å². The van der Waals surface area contributed by atoms with Gasteiger partial charge in [-0.25, -0.2) is 0 Å². The number of hydrogen-bond acceptors (Lipinski definition) is 4. The molecule has 0 aliphatic rings. The molecule has 6 nitrogen and oxygen atoms in total. The van der Waals surface area contributed by atoms with Crippen LogP contribution in [0.4, 0.5) is 5.69 Å². The number of amides is 1. The zero-order valence-electron chi connectivity index (χ0n) is 11.4. The second kappa shape index (κ2) is 5.97. The summed E-state index contributed by atoms with van der Waals surface area (Å²) in [4.78, 5) is 11.9. The Balaban J connectivity index is 2.57. The molecule has 0 radical (unpaired) electrons. The third-order valence-electron chi connectivity index (χ3n) is 2.64. The van der Waals surface area contributed by atoms with Gasteiger partial charge in [-0.15, -0.1) is 0 Å². The maximum atomic E-state index is 11.9. The first-order chi connectivity index (χ1) is 8.34. The van der Waals surface area contributed by atoms with Gasteiger partial charge < -0.3 is 15.8 Å². The summed E-state index contributed by atoms with van der Waals surface area (Å²) in [6.45, 7) is 7.02. The minimum Gasteiger partial charge on any atom is -0.383 e. The van der Waals surface area contributed by atoms with Crippen molar-refractivity contribution in [1.29, 1.82) is 0 Å². The Kier molecular flexibility index (Phi) is 4.86. The number of aromatic nitrogens is 2. The van der Waals surface area contributed by atoms with Gasteiger partial charge in [0.2, 0.25) is 5.91 Å². The summed E-state index contributed by atoms with van der Waals surface area (Å²) in [6, 6.07) is -0.556. The predicted octanol–water partition coefficient (Wildman–Crippen LogP) is 0.841. The molecule has 1 rings (SSSR count). The Morgan fingerprint density at radius 2 is 2.28 bits per heavy atom. The molecule has 1 unspecified atom stereocenters. The van der Waals surface area contributed by atoms with Crippen LogP contribution >= 0.6 is 0 Å². The molecule has 0 spiro atoms. The van der Waals surface area contributed by atoms with E-state index in [0.717, 1.165) is 0 Å². The second-order valence-electron chi connectivity index (χ2n) is 5.32. The Morgan fingerprint density at radius 1 is 1.61 bits per heavy atom. The first-order valence-corrected chi connectivity index (χ1v) is 5.92. The molecule has 1 amide bonds. The summed E-state index contributed by atoms with van der Waals surface area (Å²) in [5.41, 5.74) is 6.25. The van der Waals surface area contributed by atoms with Crippen LogP contribution in [0.25, 0.3) is 0 Å². The molecule has 102 valence electrons. The molecular weight excluding hydrogens is 232 g/mol. The zero-order valence-corrected chi connectivity index (χ0v) is 11.4. The molecular formula is C12H22N4O2. The molecule has 1 aromatic heterocycles. The van der Waals surface area contributed by atoms with E-state index in [2.05, 4.69) is 10.4 Å². The summed E-state index contributed by atoms with van der Waals surface area (Å²) in [5, 5.41) is 6.87. The normalized spacial score (nSPS) is 13.4. The highest BCUT2D eigenvalue weighted by Crippen LogP contribution is 2.18. The molecule has 0 aromatic carbocycles. The van der Waals surface area contributed by atoms with Crippen molar-refractivity contribution in [3.05, 3.63) is 12.4 Å². The fourth-order valence-corrected chi connectivity index (χ4v) is 1.35. The fourth-order valence-electron chi connectivity index (χ4n) is 1.35. The van der Waals surface area contributed by atoms with Crippen LogP contribution in [0.5, 0.6) is 0 Å². The Hall–Kier alpha value is -1.40. The van der Waals surface area contributed by atoms with E-state index in [4.69, 9.17) is 10.5 Å². The van der Waals surface area contributed by atoms with Crippen molar-refractivity contribution in [3.63, 3.8) is 0 Å². The molecule has 1 aromatic rings. The number of rotatable bonds is 5. The number of carbonyl (C=O) groups is 1. The van der Waals surface area contributed by atoms with Gasteiger partial charge in [0.05, 0.1) is 31.1 Å². The largest absolute Gasteiger partial charge is 0.383 e. The van der Waals surface area contributed by atoms with E-state index in [1.165, 1.54) is 0 Å². The molecule has 1 atom stereocenters. The number of nitrogens with two attached hydrogens (primary N) is 1. The number of nitrogens with one attached hydrogen (secondary N) is 1. The molecule has 6 heteroatoms.